The van der Waals surface area contributed by atoms with E-state index in [1.54, 1.807) is 7.05 Å². The van der Waals surface area contributed by atoms with Gasteiger partial charge in [-0.15, -0.1) is 24.0 Å². The first-order valence-electron chi connectivity index (χ1n) is 8.42. The van der Waals surface area contributed by atoms with Crippen molar-refractivity contribution in [2.24, 2.45) is 4.99 Å². The Bertz CT molecular complexity index is 505. The van der Waals surface area contributed by atoms with Crippen LogP contribution in [0.15, 0.2) is 29.3 Å². The zero-order chi connectivity index (χ0) is 16.5. The maximum atomic E-state index is 5.65. The lowest BCUT2D eigenvalue weighted by Crippen LogP contribution is -2.40. The van der Waals surface area contributed by atoms with Crippen LogP contribution in [0.4, 0.5) is 0 Å². The van der Waals surface area contributed by atoms with E-state index in [9.17, 15) is 0 Å². The fourth-order valence-electron chi connectivity index (χ4n) is 2.78. The summed E-state index contributed by atoms with van der Waals surface area (Å²) in [6, 6.07) is 8.60. The monoisotopic (exact) mass is 447 g/mol. The van der Waals surface area contributed by atoms with E-state index >= 15 is 0 Å². The Labute approximate surface area is 162 Å². The first-order valence-corrected chi connectivity index (χ1v) is 8.42. The summed E-state index contributed by atoms with van der Waals surface area (Å²) < 4.78 is 11.2. The molecule has 0 spiro atoms. The molecule has 1 fully saturated rings. The summed E-state index contributed by atoms with van der Waals surface area (Å²) in [6.45, 7) is 7.21. The average Bonchev–Trinajstić information content (AvgIpc) is 3.07. The number of aryl methyl sites for hydroxylation is 1. The van der Waals surface area contributed by atoms with Gasteiger partial charge in [0.25, 0.3) is 0 Å². The van der Waals surface area contributed by atoms with Crippen LogP contribution in [0, 0.1) is 6.92 Å². The molecular formula is C18H30IN3O2. The van der Waals surface area contributed by atoms with Crippen LogP contribution < -0.4 is 10.6 Å². The van der Waals surface area contributed by atoms with Crippen molar-refractivity contribution in [3.8, 4) is 0 Å². The third-order valence-corrected chi connectivity index (χ3v) is 4.10. The van der Waals surface area contributed by atoms with Crippen molar-refractivity contribution in [1.29, 1.82) is 0 Å². The zero-order valence-corrected chi connectivity index (χ0v) is 17.2. The predicted molar refractivity (Wildman–Crippen MR) is 109 cm³/mol. The molecule has 1 saturated heterocycles. The summed E-state index contributed by atoms with van der Waals surface area (Å²) in [6.07, 6.45) is 2.55. The molecule has 24 heavy (non-hydrogen) atoms. The third-order valence-electron chi connectivity index (χ3n) is 4.10. The second-order valence-electron chi connectivity index (χ2n) is 5.93. The molecule has 0 aromatic heterocycles. The fourth-order valence-corrected chi connectivity index (χ4v) is 2.78. The molecule has 1 aromatic carbocycles. The van der Waals surface area contributed by atoms with Gasteiger partial charge < -0.3 is 20.1 Å². The van der Waals surface area contributed by atoms with Crippen molar-refractivity contribution in [2.75, 3.05) is 33.4 Å². The lowest BCUT2D eigenvalue weighted by molar-refractivity contribution is 0.0191. The highest BCUT2D eigenvalue weighted by atomic mass is 127. The third kappa shape index (κ3) is 6.94. The maximum absolute atomic E-state index is 5.65. The summed E-state index contributed by atoms with van der Waals surface area (Å²) >= 11 is 0. The molecule has 1 aliphatic heterocycles. The van der Waals surface area contributed by atoms with E-state index in [1.165, 1.54) is 11.1 Å². The SMILES string of the molecule is CN=C(NCCOCC1CCCO1)NC(C)c1ccccc1C.I. The van der Waals surface area contributed by atoms with Gasteiger partial charge in [-0.25, -0.2) is 0 Å². The standard InChI is InChI=1S/C18H29N3O2.HI/c1-14-7-4-5-9-17(14)15(2)21-18(19-3)20-10-12-22-13-16-8-6-11-23-16;/h4-5,7,9,15-16H,6,8,10-13H2,1-3H3,(H2,19,20,21);1H. The summed E-state index contributed by atoms with van der Waals surface area (Å²) in [7, 11) is 1.78. The van der Waals surface area contributed by atoms with Gasteiger partial charge in [-0.1, -0.05) is 24.3 Å². The molecule has 0 aliphatic carbocycles. The van der Waals surface area contributed by atoms with Gasteiger partial charge in [0.05, 0.1) is 25.4 Å². The highest BCUT2D eigenvalue weighted by Crippen LogP contribution is 2.16. The molecule has 1 heterocycles. The van der Waals surface area contributed by atoms with Crippen molar-refractivity contribution in [1.82, 2.24) is 10.6 Å². The Morgan fingerprint density at radius 3 is 2.88 bits per heavy atom. The van der Waals surface area contributed by atoms with Gasteiger partial charge in [0.2, 0.25) is 0 Å². The Kier molecular flexibility index (Phi) is 10.3. The molecule has 0 saturated carbocycles. The molecule has 6 heteroatoms. The number of rotatable bonds is 7. The number of nitrogens with zero attached hydrogens (tertiary/aromatic N) is 1. The van der Waals surface area contributed by atoms with Crippen molar-refractivity contribution in [3.05, 3.63) is 35.4 Å². The van der Waals surface area contributed by atoms with E-state index in [1.807, 2.05) is 0 Å². The fraction of sp³-hybridized carbons (Fsp3) is 0.611. The minimum atomic E-state index is 0. The highest BCUT2D eigenvalue weighted by Gasteiger charge is 2.15. The molecule has 136 valence electrons. The Morgan fingerprint density at radius 1 is 1.42 bits per heavy atom. The highest BCUT2D eigenvalue weighted by molar-refractivity contribution is 14.0. The molecule has 0 amide bonds. The number of aliphatic imine (C=N–C) groups is 1. The second kappa shape index (κ2) is 11.7. The van der Waals surface area contributed by atoms with Crippen molar-refractivity contribution in [3.63, 3.8) is 0 Å². The largest absolute Gasteiger partial charge is 0.377 e. The Hall–Kier alpha value is -0.860. The van der Waals surface area contributed by atoms with E-state index in [2.05, 4.69) is 53.7 Å². The quantitative estimate of drug-likeness (QED) is 0.292. The molecule has 2 unspecified atom stereocenters. The first kappa shape index (κ1) is 21.2. The maximum Gasteiger partial charge on any atom is 0.191 e. The molecule has 2 rings (SSSR count). The minimum Gasteiger partial charge on any atom is -0.377 e. The van der Waals surface area contributed by atoms with Gasteiger partial charge in [-0.3, -0.25) is 4.99 Å². The topological polar surface area (TPSA) is 54.9 Å². The van der Waals surface area contributed by atoms with Gasteiger partial charge in [-0.2, -0.15) is 0 Å². The van der Waals surface area contributed by atoms with Crippen molar-refractivity contribution < 1.29 is 9.47 Å². The van der Waals surface area contributed by atoms with Crippen LogP contribution in [0.5, 0.6) is 0 Å². The summed E-state index contributed by atoms with van der Waals surface area (Å²) in [5.74, 6) is 0.793. The van der Waals surface area contributed by atoms with E-state index in [-0.39, 0.29) is 36.1 Å². The zero-order valence-electron chi connectivity index (χ0n) is 14.9. The van der Waals surface area contributed by atoms with E-state index in [4.69, 9.17) is 9.47 Å². The van der Waals surface area contributed by atoms with Gasteiger partial charge in [0, 0.05) is 20.2 Å². The smallest absolute Gasteiger partial charge is 0.191 e. The van der Waals surface area contributed by atoms with Gasteiger partial charge in [0.1, 0.15) is 0 Å². The van der Waals surface area contributed by atoms with Crippen LogP contribution in [0.1, 0.15) is 36.9 Å². The molecule has 1 aliphatic rings. The van der Waals surface area contributed by atoms with Crippen LogP contribution >= 0.6 is 24.0 Å². The number of hydrogen-bond acceptors (Lipinski definition) is 3. The molecule has 5 nitrogen and oxygen atoms in total. The lowest BCUT2D eigenvalue weighted by atomic mass is 10.0. The van der Waals surface area contributed by atoms with Crippen LogP contribution in [0.3, 0.4) is 0 Å². The number of nitrogens with one attached hydrogen (secondary N) is 2. The molecule has 2 atom stereocenters. The number of guanidine groups is 1. The van der Waals surface area contributed by atoms with E-state index < -0.39 is 0 Å². The average molecular weight is 447 g/mol. The summed E-state index contributed by atoms with van der Waals surface area (Å²) in [5, 5.41) is 6.70. The van der Waals surface area contributed by atoms with Crippen LogP contribution in [0.2, 0.25) is 0 Å². The lowest BCUT2D eigenvalue weighted by Gasteiger charge is -2.20. The number of halogens is 1. The van der Waals surface area contributed by atoms with Crippen molar-refractivity contribution >= 4 is 29.9 Å². The van der Waals surface area contributed by atoms with Crippen molar-refractivity contribution in [2.45, 2.75) is 38.8 Å². The number of benzene rings is 1. The molecule has 0 radical (unpaired) electrons. The van der Waals surface area contributed by atoms with Gasteiger partial charge in [0.15, 0.2) is 5.96 Å². The number of hydrogen-bond donors (Lipinski definition) is 2. The molecule has 2 N–H and O–H groups in total. The van der Waals surface area contributed by atoms with E-state index in [0.717, 1.165) is 32.0 Å². The Morgan fingerprint density at radius 2 is 2.21 bits per heavy atom. The van der Waals surface area contributed by atoms with Crippen LogP contribution in [0.25, 0.3) is 0 Å². The Balaban J connectivity index is 0.00000288. The van der Waals surface area contributed by atoms with Crippen LogP contribution in [-0.4, -0.2) is 45.5 Å². The molecular weight excluding hydrogens is 417 g/mol. The second-order valence-corrected chi connectivity index (χ2v) is 5.93. The molecule has 0 bridgehead atoms. The summed E-state index contributed by atoms with van der Waals surface area (Å²) in [4.78, 5) is 4.27. The number of ether oxygens (including phenoxy) is 2. The normalized spacial score (nSPS) is 18.8. The first-order chi connectivity index (χ1) is 11.2. The minimum absolute atomic E-state index is 0. The summed E-state index contributed by atoms with van der Waals surface area (Å²) in [5.41, 5.74) is 2.56. The predicted octanol–water partition coefficient (Wildman–Crippen LogP) is 3.03. The van der Waals surface area contributed by atoms with Crippen LogP contribution in [-0.2, 0) is 9.47 Å². The molecule has 1 aromatic rings. The van der Waals surface area contributed by atoms with Gasteiger partial charge >= 0.3 is 0 Å². The van der Waals surface area contributed by atoms with E-state index in [0.29, 0.717) is 13.2 Å². The van der Waals surface area contributed by atoms with Gasteiger partial charge in [-0.05, 0) is 37.8 Å².